The minimum absolute atomic E-state index is 0.241. The van der Waals surface area contributed by atoms with Gasteiger partial charge in [-0.25, -0.2) is 0 Å². The van der Waals surface area contributed by atoms with Crippen molar-refractivity contribution >= 4 is 11.8 Å². The van der Waals surface area contributed by atoms with Gasteiger partial charge in [0, 0.05) is 11.5 Å². The summed E-state index contributed by atoms with van der Waals surface area (Å²) < 4.78 is 5.43. The number of carbonyl (C=O) groups excluding carboxylic acids is 2. The largest absolute Gasteiger partial charge is 0.504 e. The van der Waals surface area contributed by atoms with E-state index in [4.69, 9.17) is 4.74 Å². The molecule has 5 heteroatoms. The Kier molecular flexibility index (Phi) is 2.80. The number of rotatable bonds is 0. The molecule has 5 atom stereocenters. The van der Waals surface area contributed by atoms with Crippen LogP contribution in [0.15, 0.2) is 22.5 Å². The standard InChI is InChI=1S/C15H18O5/c1-5-4-8(16)10-7(3)15(19)20-14(10)11-6(2)12(17)13(18)9(5)11/h7-8,10-11,14,16-17H,4H2,1-3H3/t7?,8-,10?,11-,14-/m0/s1. The highest BCUT2D eigenvalue weighted by Crippen LogP contribution is 2.48. The number of aliphatic hydroxyl groups excluding tert-OH is 2. The van der Waals surface area contributed by atoms with E-state index >= 15 is 0 Å². The fourth-order valence-electron chi connectivity index (χ4n) is 3.85. The van der Waals surface area contributed by atoms with Crippen molar-refractivity contribution in [2.45, 2.75) is 39.4 Å². The van der Waals surface area contributed by atoms with Crippen LogP contribution in [0.4, 0.5) is 0 Å². The third-order valence-corrected chi connectivity index (χ3v) is 4.94. The van der Waals surface area contributed by atoms with Crippen LogP contribution in [-0.4, -0.2) is 34.2 Å². The van der Waals surface area contributed by atoms with Crippen LogP contribution in [-0.2, 0) is 14.3 Å². The normalized spacial score (nSPS) is 40.7. The molecule has 0 aromatic carbocycles. The van der Waals surface area contributed by atoms with Gasteiger partial charge in [0.25, 0.3) is 0 Å². The molecular formula is C15H18O5. The van der Waals surface area contributed by atoms with Crippen molar-refractivity contribution in [2.24, 2.45) is 17.8 Å². The first-order chi connectivity index (χ1) is 9.34. The molecule has 3 rings (SSSR count). The predicted octanol–water partition coefficient (Wildman–Crippen LogP) is 1.28. The molecule has 1 heterocycles. The molecule has 1 saturated heterocycles. The minimum atomic E-state index is -0.706. The zero-order valence-corrected chi connectivity index (χ0v) is 11.7. The number of ether oxygens (including phenoxy) is 1. The summed E-state index contributed by atoms with van der Waals surface area (Å²) in [5.74, 6) is -2.13. The summed E-state index contributed by atoms with van der Waals surface area (Å²) in [6.07, 6.45) is -0.934. The van der Waals surface area contributed by atoms with Crippen LogP contribution in [0.1, 0.15) is 27.2 Å². The molecule has 20 heavy (non-hydrogen) atoms. The Morgan fingerprint density at radius 3 is 2.55 bits per heavy atom. The molecule has 5 nitrogen and oxygen atoms in total. The van der Waals surface area contributed by atoms with Gasteiger partial charge in [0.2, 0.25) is 5.78 Å². The average molecular weight is 278 g/mol. The van der Waals surface area contributed by atoms with Crippen molar-refractivity contribution in [3.05, 3.63) is 22.5 Å². The molecule has 0 aromatic heterocycles. The van der Waals surface area contributed by atoms with E-state index in [0.717, 1.165) is 5.57 Å². The summed E-state index contributed by atoms with van der Waals surface area (Å²) in [5, 5.41) is 20.3. The lowest BCUT2D eigenvalue weighted by Crippen LogP contribution is -2.35. The Labute approximate surface area is 116 Å². The molecule has 2 N–H and O–H groups in total. The zero-order chi connectivity index (χ0) is 14.8. The van der Waals surface area contributed by atoms with E-state index in [0.29, 0.717) is 17.6 Å². The molecule has 1 aliphatic heterocycles. The van der Waals surface area contributed by atoms with E-state index in [1.807, 2.05) is 0 Å². The molecule has 0 amide bonds. The fourth-order valence-corrected chi connectivity index (χ4v) is 3.85. The highest BCUT2D eigenvalue weighted by atomic mass is 16.6. The van der Waals surface area contributed by atoms with E-state index < -0.39 is 29.8 Å². The summed E-state index contributed by atoms with van der Waals surface area (Å²) in [6, 6.07) is 0. The molecule has 108 valence electrons. The summed E-state index contributed by atoms with van der Waals surface area (Å²) in [7, 11) is 0. The van der Waals surface area contributed by atoms with Crippen molar-refractivity contribution in [3.8, 4) is 0 Å². The van der Waals surface area contributed by atoms with E-state index in [1.165, 1.54) is 0 Å². The number of esters is 1. The molecule has 2 aliphatic carbocycles. The maximum Gasteiger partial charge on any atom is 0.309 e. The van der Waals surface area contributed by atoms with Gasteiger partial charge >= 0.3 is 5.97 Å². The van der Waals surface area contributed by atoms with Gasteiger partial charge in [-0.1, -0.05) is 12.5 Å². The lowest BCUT2D eigenvalue weighted by molar-refractivity contribution is -0.144. The van der Waals surface area contributed by atoms with Crippen LogP contribution < -0.4 is 0 Å². The van der Waals surface area contributed by atoms with Crippen molar-refractivity contribution in [1.82, 2.24) is 0 Å². The number of Topliss-reactive ketones (excluding diaryl/α,β-unsaturated/α-hetero) is 1. The third kappa shape index (κ3) is 1.53. The Morgan fingerprint density at radius 2 is 1.90 bits per heavy atom. The number of fused-ring (bicyclic) bond motifs is 3. The smallest absolute Gasteiger partial charge is 0.309 e. The minimum Gasteiger partial charge on any atom is -0.504 e. The van der Waals surface area contributed by atoms with Crippen molar-refractivity contribution in [1.29, 1.82) is 0 Å². The summed E-state index contributed by atoms with van der Waals surface area (Å²) >= 11 is 0. The summed E-state index contributed by atoms with van der Waals surface area (Å²) in [4.78, 5) is 24.0. The van der Waals surface area contributed by atoms with Crippen molar-refractivity contribution < 1.29 is 24.5 Å². The number of hydrogen-bond acceptors (Lipinski definition) is 5. The van der Waals surface area contributed by atoms with E-state index in [-0.39, 0.29) is 17.6 Å². The lowest BCUT2D eigenvalue weighted by Gasteiger charge is -2.26. The van der Waals surface area contributed by atoms with Gasteiger partial charge in [0.05, 0.1) is 17.9 Å². The van der Waals surface area contributed by atoms with Crippen molar-refractivity contribution in [2.75, 3.05) is 0 Å². The maximum atomic E-state index is 12.2. The number of allylic oxidation sites excluding steroid dienone is 1. The summed E-state index contributed by atoms with van der Waals surface area (Å²) in [5.41, 5.74) is 1.80. The Balaban J connectivity index is 2.15. The molecule has 2 unspecified atom stereocenters. The second kappa shape index (κ2) is 4.19. The number of carbonyl (C=O) groups is 2. The van der Waals surface area contributed by atoms with Gasteiger partial charge in [-0.2, -0.15) is 0 Å². The lowest BCUT2D eigenvalue weighted by atomic mass is 9.80. The molecule has 0 bridgehead atoms. The van der Waals surface area contributed by atoms with Crippen LogP contribution in [0.2, 0.25) is 0 Å². The quantitative estimate of drug-likeness (QED) is 0.652. The van der Waals surface area contributed by atoms with Crippen LogP contribution in [0.3, 0.4) is 0 Å². The highest BCUT2D eigenvalue weighted by molar-refractivity contribution is 6.11. The molecule has 0 saturated carbocycles. The maximum absolute atomic E-state index is 12.2. The van der Waals surface area contributed by atoms with Crippen LogP contribution in [0.5, 0.6) is 0 Å². The Morgan fingerprint density at radius 1 is 1.25 bits per heavy atom. The Hall–Kier alpha value is -1.62. The van der Waals surface area contributed by atoms with Crippen LogP contribution >= 0.6 is 0 Å². The first-order valence-electron chi connectivity index (χ1n) is 6.87. The van der Waals surface area contributed by atoms with E-state index in [1.54, 1.807) is 20.8 Å². The van der Waals surface area contributed by atoms with Crippen LogP contribution in [0.25, 0.3) is 0 Å². The molecule has 1 fully saturated rings. The monoisotopic (exact) mass is 278 g/mol. The van der Waals surface area contributed by atoms with Gasteiger partial charge in [0.1, 0.15) is 6.10 Å². The first kappa shape index (κ1) is 13.4. The van der Waals surface area contributed by atoms with E-state index in [2.05, 4.69) is 0 Å². The molecule has 0 aromatic rings. The van der Waals surface area contributed by atoms with Gasteiger partial charge in [0.15, 0.2) is 5.76 Å². The topological polar surface area (TPSA) is 83.8 Å². The van der Waals surface area contributed by atoms with Crippen LogP contribution in [0, 0.1) is 17.8 Å². The number of hydrogen-bond donors (Lipinski definition) is 2. The molecule has 3 aliphatic rings. The second-order valence-corrected chi connectivity index (χ2v) is 6.07. The first-order valence-corrected chi connectivity index (χ1v) is 6.87. The predicted molar refractivity (Wildman–Crippen MR) is 69.7 cm³/mol. The Bertz CT molecular complexity index is 571. The van der Waals surface area contributed by atoms with Gasteiger partial charge in [-0.3, -0.25) is 9.59 Å². The molecule has 0 spiro atoms. The SMILES string of the molecule is CC1=C2C(=O)C(O)=C(C)[C@@H]2[C@H]2OC(=O)C(C)C2[C@@H](O)C1. The number of ketones is 1. The zero-order valence-electron chi connectivity index (χ0n) is 11.7. The summed E-state index contributed by atoms with van der Waals surface area (Å²) in [6.45, 7) is 5.22. The average Bonchev–Trinajstić information content (AvgIpc) is 2.74. The van der Waals surface area contributed by atoms with Gasteiger partial charge < -0.3 is 14.9 Å². The van der Waals surface area contributed by atoms with Gasteiger partial charge in [-0.15, -0.1) is 0 Å². The molecule has 0 radical (unpaired) electrons. The number of aliphatic hydroxyl groups is 2. The van der Waals surface area contributed by atoms with Crippen molar-refractivity contribution in [3.63, 3.8) is 0 Å². The second-order valence-electron chi connectivity index (χ2n) is 6.07. The molecular weight excluding hydrogens is 260 g/mol. The fraction of sp³-hybridized carbons (Fsp3) is 0.600. The van der Waals surface area contributed by atoms with Gasteiger partial charge in [-0.05, 0) is 25.8 Å². The van der Waals surface area contributed by atoms with E-state index in [9.17, 15) is 19.8 Å². The third-order valence-electron chi connectivity index (χ3n) is 4.94. The highest BCUT2D eigenvalue weighted by Gasteiger charge is 2.55.